The number of nitrogens with zero attached hydrogens (tertiary/aromatic N) is 2. The van der Waals surface area contributed by atoms with E-state index in [4.69, 9.17) is 10.2 Å². The predicted molar refractivity (Wildman–Crippen MR) is 121 cm³/mol. The molecule has 0 unspecified atom stereocenters. The van der Waals surface area contributed by atoms with Crippen molar-refractivity contribution in [3.8, 4) is 0 Å². The first-order chi connectivity index (χ1) is 15.2. The Hall–Kier alpha value is -4.08. The third-order valence-electron chi connectivity index (χ3n) is 5.07. The minimum Gasteiger partial charge on any atom is -0.459 e. The molecule has 32 heavy (non-hydrogen) atoms. The van der Waals surface area contributed by atoms with Crippen LogP contribution < -0.4 is 27.2 Å². The molecule has 0 aliphatic rings. The fourth-order valence-electron chi connectivity index (χ4n) is 3.22. The lowest BCUT2D eigenvalue weighted by Crippen LogP contribution is -2.39. The van der Waals surface area contributed by atoms with E-state index >= 15 is 0 Å². The molecule has 4 N–H and O–H groups in total. The van der Waals surface area contributed by atoms with Crippen molar-refractivity contribution in [1.29, 1.82) is 0 Å². The SMILES string of the molecule is CCCCn1c(N)c(N(C)C(=O)c2ccc(C)c(NC(=O)c3ccco3)c2)c(=O)[nH]c1=O. The highest BCUT2D eigenvalue weighted by atomic mass is 16.3. The lowest BCUT2D eigenvalue weighted by atomic mass is 10.1. The lowest BCUT2D eigenvalue weighted by molar-refractivity contribution is 0.0984. The quantitative estimate of drug-likeness (QED) is 0.516. The number of carbonyl (C=O) groups is 2. The zero-order valence-corrected chi connectivity index (χ0v) is 18.1. The van der Waals surface area contributed by atoms with E-state index in [2.05, 4.69) is 10.3 Å². The number of carbonyl (C=O) groups excluding carboxylic acids is 2. The van der Waals surface area contributed by atoms with Gasteiger partial charge in [0.05, 0.1) is 6.26 Å². The summed E-state index contributed by atoms with van der Waals surface area (Å²) in [4.78, 5) is 53.4. The fourth-order valence-corrected chi connectivity index (χ4v) is 3.22. The number of benzene rings is 1. The number of hydrogen-bond donors (Lipinski definition) is 3. The average molecular weight is 439 g/mol. The molecule has 2 aromatic heterocycles. The van der Waals surface area contributed by atoms with Crippen LogP contribution in [-0.4, -0.2) is 28.4 Å². The van der Waals surface area contributed by atoms with Crippen LogP contribution in [-0.2, 0) is 6.54 Å². The number of aromatic amines is 1. The summed E-state index contributed by atoms with van der Waals surface area (Å²) in [7, 11) is 1.40. The Bertz CT molecular complexity index is 1260. The second-order valence-corrected chi connectivity index (χ2v) is 7.32. The summed E-state index contributed by atoms with van der Waals surface area (Å²) in [5, 5.41) is 2.71. The zero-order valence-electron chi connectivity index (χ0n) is 18.1. The van der Waals surface area contributed by atoms with Gasteiger partial charge in [-0.2, -0.15) is 0 Å². The number of nitrogens with two attached hydrogens (primary N) is 1. The highest BCUT2D eigenvalue weighted by molar-refractivity contribution is 6.08. The number of nitrogen functional groups attached to an aromatic ring is 1. The number of H-pyrrole nitrogens is 1. The summed E-state index contributed by atoms with van der Waals surface area (Å²) in [6, 6.07) is 7.88. The largest absolute Gasteiger partial charge is 0.459 e. The average Bonchev–Trinajstić information content (AvgIpc) is 3.29. The molecule has 0 spiro atoms. The van der Waals surface area contributed by atoms with E-state index in [-0.39, 0.29) is 22.8 Å². The second-order valence-electron chi connectivity index (χ2n) is 7.32. The summed E-state index contributed by atoms with van der Waals surface area (Å²) in [5.74, 6) is -0.940. The van der Waals surface area contributed by atoms with Crippen LogP contribution in [0.15, 0.2) is 50.6 Å². The molecular weight excluding hydrogens is 414 g/mol. The summed E-state index contributed by atoms with van der Waals surface area (Å²) in [6.45, 7) is 4.06. The van der Waals surface area contributed by atoms with E-state index in [1.807, 2.05) is 6.92 Å². The van der Waals surface area contributed by atoms with Gasteiger partial charge in [0, 0.05) is 24.8 Å². The second kappa shape index (κ2) is 9.38. The zero-order chi connectivity index (χ0) is 23.4. The fraction of sp³-hybridized carbons (Fsp3) is 0.273. The van der Waals surface area contributed by atoms with Crippen molar-refractivity contribution in [3.05, 3.63) is 74.3 Å². The van der Waals surface area contributed by atoms with Crippen LogP contribution in [0.1, 0.15) is 46.2 Å². The summed E-state index contributed by atoms with van der Waals surface area (Å²) in [5.41, 5.74) is 5.97. The number of rotatable bonds is 7. The summed E-state index contributed by atoms with van der Waals surface area (Å²) in [6.07, 6.45) is 2.90. The molecule has 0 aliphatic carbocycles. The lowest BCUT2D eigenvalue weighted by Gasteiger charge is -2.21. The Kier molecular flexibility index (Phi) is 6.62. The van der Waals surface area contributed by atoms with E-state index < -0.39 is 23.1 Å². The third-order valence-corrected chi connectivity index (χ3v) is 5.07. The van der Waals surface area contributed by atoms with Crippen LogP contribution in [0.5, 0.6) is 0 Å². The number of hydrogen-bond acceptors (Lipinski definition) is 6. The molecule has 168 valence electrons. The Morgan fingerprint density at radius 2 is 2.00 bits per heavy atom. The molecular formula is C22H25N5O5. The molecule has 3 aromatic rings. The maximum atomic E-state index is 13.1. The number of nitrogens with one attached hydrogen (secondary N) is 2. The van der Waals surface area contributed by atoms with Crippen LogP contribution in [0.4, 0.5) is 17.2 Å². The molecule has 10 nitrogen and oxygen atoms in total. The van der Waals surface area contributed by atoms with Crippen LogP contribution >= 0.6 is 0 Å². The van der Waals surface area contributed by atoms with Gasteiger partial charge >= 0.3 is 5.69 Å². The van der Waals surface area contributed by atoms with Crippen molar-refractivity contribution in [1.82, 2.24) is 9.55 Å². The van der Waals surface area contributed by atoms with Crippen LogP contribution in [0.25, 0.3) is 0 Å². The number of unbranched alkanes of at least 4 members (excludes halogenated alkanes) is 1. The highest BCUT2D eigenvalue weighted by Crippen LogP contribution is 2.22. The first kappa shape index (κ1) is 22.6. The van der Waals surface area contributed by atoms with Crippen molar-refractivity contribution < 1.29 is 14.0 Å². The molecule has 10 heteroatoms. The normalized spacial score (nSPS) is 10.7. The number of aryl methyl sites for hydroxylation is 1. The van der Waals surface area contributed by atoms with Gasteiger partial charge in [0.1, 0.15) is 5.82 Å². The molecule has 0 fully saturated rings. The van der Waals surface area contributed by atoms with Gasteiger partial charge in [-0.25, -0.2) is 4.79 Å². The minimum atomic E-state index is -0.755. The standard InChI is InChI=1S/C22H25N5O5/c1-4-5-10-27-18(23)17(20(29)25-22(27)31)26(3)21(30)14-9-8-13(2)15(12-14)24-19(28)16-7-6-11-32-16/h6-9,11-12H,4-5,10,23H2,1-3H3,(H,24,28)(H,25,29,31). The minimum absolute atomic E-state index is 0.0819. The number of furan rings is 1. The first-order valence-corrected chi connectivity index (χ1v) is 10.1. The van der Waals surface area contributed by atoms with E-state index in [1.54, 1.807) is 25.1 Å². The molecule has 0 bridgehead atoms. The van der Waals surface area contributed by atoms with Crippen LogP contribution in [0, 0.1) is 6.92 Å². The monoisotopic (exact) mass is 439 g/mol. The topological polar surface area (TPSA) is 143 Å². The van der Waals surface area contributed by atoms with Gasteiger partial charge in [0.15, 0.2) is 11.4 Å². The number of aromatic nitrogens is 2. The summed E-state index contributed by atoms with van der Waals surface area (Å²) < 4.78 is 6.33. The van der Waals surface area contributed by atoms with Crippen LogP contribution in [0.2, 0.25) is 0 Å². The number of amides is 2. The van der Waals surface area contributed by atoms with Gasteiger partial charge < -0.3 is 20.4 Å². The third kappa shape index (κ3) is 4.48. The maximum Gasteiger partial charge on any atom is 0.330 e. The van der Waals surface area contributed by atoms with E-state index in [1.165, 1.54) is 30.0 Å². The molecule has 2 heterocycles. The molecule has 1 aromatic carbocycles. The first-order valence-electron chi connectivity index (χ1n) is 10.1. The van der Waals surface area contributed by atoms with E-state index in [0.29, 0.717) is 18.7 Å². The smallest absolute Gasteiger partial charge is 0.330 e. The van der Waals surface area contributed by atoms with Gasteiger partial charge in [-0.3, -0.25) is 23.9 Å². The van der Waals surface area contributed by atoms with Gasteiger partial charge in [-0.05, 0) is 43.2 Å². The Morgan fingerprint density at radius 3 is 2.66 bits per heavy atom. The van der Waals surface area contributed by atoms with E-state index in [0.717, 1.165) is 16.9 Å². The van der Waals surface area contributed by atoms with Gasteiger partial charge in [0.25, 0.3) is 17.4 Å². The van der Waals surface area contributed by atoms with Crippen molar-refractivity contribution in [2.75, 3.05) is 23.0 Å². The van der Waals surface area contributed by atoms with Crippen molar-refractivity contribution >= 4 is 29.0 Å². The molecule has 0 saturated carbocycles. The molecule has 0 atom stereocenters. The molecule has 0 saturated heterocycles. The van der Waals surface area contributed by atoms with Crippen molar-refractivity contribution in [2.24, 2.45) is 0 Å². The molecule has 2 amide bonds. The number of anilines is 3. The highest BCUT2D eigenvalue weighted by Gasteiger charge is 2.23. The maximum absolute atomic E-state index is 13.1. The molecule has 3 rings (SSSR count). The Labute approximate surface area is 183 Å². The van der Waals surface area contributed by atoms with Gasteiger partial charge in [-0.15, -0.1) is 0 Å². The molecule has 0 aliphatic heterocycles. The van der Waals surface area contributed by atoms with Gasteiger partial charge in [0.2, 0.25) is 0 Å². The Morgan fingerprint density at radius 1 is 1.25 bits per heavy atom. The van der Waals surface area contributed by atoms with Gasteiger partial charge in [-0.1, -0.05) is 19.4 Å². The predicted octanol–water partition coefficient (Wildman–Crippen LogP) is 2.35. The van der Waals surface area contributed by atoms with Crippen molar-refractivity contribution in [3.63, 3.8) is 0 Å². The van der Waals surface area contributed by atoms with E-state index in [9.17, 15) is 19.2 Å². The van der Waals surface area contributed by atoms with Crippen molar-refractivity contribution in [2.45, 2.75) is 33.2 Å². The molecule has 0 radical (unpaired) electrons. The Balaban J connectivity index is 1.93. The summed E-state index contributed by atoms with van der Waals surface area (Å²) >= 11 is 0. The van der Waals surface area contributed by atoms with Crippen LogP contribution in [0.3, 0.4) is 0 Å².